The summed E-state index contributed by atoms with van der Waals surface area (Å²) in [6.07, 6.45) is 0. The maximum absolute atomic E-state index is 4.15. The normalized spacial score (nSPS) is 11.0. The van der Waals surface area contributed by atoms with E-state index in [-0.39, 0.29) is 0 Å². The monoisotopic (exact) mass is 272 g/mol. The molecule has 0 aliphatic carbocycles. The molecule has 0 saturated carbocycles. The molecule has 4 aromatic heterocycles. The third-order valence-corrected chi connectivity index (χ3v) is 2.85. The van der Waals surface area contributed by atoms with Gasteiger partial charge in [0, 0.05) is 23.5 Å². The Morgan fingerprint density at radius 2 is 1.60 bits per heavy atom. The molecule has 0 atom stereocenters. The fourth-order valence-corrected chi connectivity index (χ4v) is 2.01. The summed E-state index contributed by atoms with van der Waals surface area (Å²) in [7, 11) is 0. The van der Waals surface area contributed by atoms with Gasteiger partial charge in [-0.2, -0.15) is 4.63 Å². The molecule has 20 heavy (non-hydrogen) atoms. The standard InChI is InChI=1S/2C6H8N4/c1-4-3-6-8-7-5(2)10(6)9-4;1-4-3-6-7-5(2)9-10(6)8-4/h3,9H,1-2H3;3,8H,1-2H3. The first kappa shape index (κ1) is 12.4. The Hall–Kier alpha value is -2.64. The molecular weight excluding hydrogens is 256 g/mol. The Morgan fingerprint density at radius 1 is 0.900 bits per heavy atom. The summed E-state index contributed by atoms with van der Waals surface area (Å²) in [6.45, 7) is 7.76. The highest BCUT2D eigenvalue weighted by molar-refractivity contribution is 5.38. The second-order valence-corrected chi connectivity index (χ2v) is 4.75. The summed E-state index contributed by atoms with van der Waals surface area (Å²) in [4.78, 5) is 4.15. The van der Waals surface area contributed by atoms with Gasteiger partial charge < -0.3 is 0 Å². The van der Waals surface area contributed by atoms with Gasteiger partial charge in [0.25, 0.3) is 0 Å². The lowest BCUT2D eigenvalue weighted by Gasteiger charge is -1.84. The minimum absolute atomic E-state index is 0.797. The fraction of sp³-hybridized carbons (Fsp3) is 0.333. The zero-order valence-electron chi connectivity index (χ0n) is 11.8. The number of nitrogens with zero attached hydrogens (tertiary/aromatic N) is 6. The maximum Gasteiger partial charge on any atom is 0.177 e. The summed E-state index contributed by atoms with van der Waals surface area (Å²) in [5.74, 6) is 1.69. The first-order chi connectivity index (χ1) is 9.52. The van der Waals surface area contributed by atoms with Crippen molar-refractivity contribution in [2.75, 3.05) is 0 Å². The van der Waals surface area contributed by atoms with Gasteiger partial charge in [-0.3, -0.25) is 10.2 Å². The van der Waals surface area contributed by atoms with Gasteiger partial charge in [-0.25, -0.2) is 9.50 Å². The lowest BCUT2D eigenvalue weighted by atomic mass is 10.5. The molecule has 0 bridgehead atoms. The van der Waals surface area contributed by atoms with E-state index in [9.17, 15) is 0 Å². The van der Waals surface area contributed by atoms with Crippen molar-refractivity contribution < 1.29 is 0 Å². The maximum atomic E-state index is 4.15. The molecule has 8 nitrogen and oxygen atoms in total. The first-order valence-electron chi connectivity index (χ1n) is 6.29. The van der Waals surface area contributed by atoms with Crippen LogP contribution in [-0.4, -0.2) is 39.6 Å². The van der Waals surface area contributed by atoms with Crippen LogP contribution in [-0.2, 0) is 0 Å². The molecule has 4 rings (SSSR count). The van der Waals surface area contributed by atoms with Crippen LogP contribution in [0.4, 0.5) is 0 Å². The lowest BCUT2D eigenvalue weighted by molar-refractivity contribution is 0.793. The van der Waals surface area contributed by atoms with E-state index in [4.69, 9.17) is 0 Å². The quantitative estimate of drug-likeness (QED) is 0.505. The number of aromatic amines is 2. The number of hydrogen-bond donors (Lipinski definition) is 2. The van der Waals surface area contributed by atoms with Crippen molar-refractivity contribution in [1.82, 2.24) is 39.6 Å². The Balaban J connectivity index is 0.000000121. The van der Waals surface area contributed by atoms with Crippen LogP contribution >= 0.6 is 0 Å². The van der Waals surface area contributed by atoms with Crippen molar-refractivity contribution in [3.8, 4) is 0 Å². The van der Waals surface area contributed by atoms with Crippen molar-refractivity contribution in [3.63, 3.8) is 0 Å². The van der Waals surface area contributed by atoms with Crippen LogP contribution in [0.5, 0.6) is 0 Å². The number of rotatable bonds is 0. The summed E-state index contributed by atoms with van der Waals surface area (Å²) in [5.41, 5.74) is 3.95. The van der Waals surface area contributed by atoms with E-state index in [0.29, 0.717) is 0 Å². The minimum atomic E-state index is 0.797. The molecule has 0 aromatic carbocycles. The van der Waals surface area contributed by atoms with Crippen LogP contribution in [0.3, 0.4) is 0 Å². The van der Waals surface area contributed by atoms with Crippen LogP contribution in [0.15, 0.2) is 12.1 Å². The number of aromatic nitrogens is 8. The highest BCUT2D eigenvalue weighted by Crippen LogP contribution is 2.03. The molecule has 0 aliphatic heterocycles. The van der Waals surface area contributed by atoms with Gasteiger partial charge in [0.15, 0.2) is 11.3 Å². The molecule has 0 fully saturated rings. The predicted molar refractivity (Wildman–Crippen MR) is 73.6 cm³/mol. The molecule has 0 spiro atoms. The SMILES string of the molecule is Cc1cc2nnc(C)n2[nH]1.Cc1nc2cc(C)[nH]n2n1. The zero-order valence-corrected chi connectivity index (χ0v) is 11.8. The highest BCUT2D eigenvalue weighted by atomic mass is 15.5. The molecular formula is C12H16N8. The van der Waals surface area contributed by atoms with Crippen molar-refractivity contribution in [1.29, 1.82) is 0 Å². The largest absolute Gasteiger partial charge is 0.295 e. The molecule has 0 saturated heterocycles. The zero-order chi connectivity index (χ0) is 14.3. The molecule has 0 unspecified atom stereocenters. The topological polar surface area (TPSA) is 92.0 Å². The van der Waals surface area contributed by atoms with Crippen molar-refractivity contribution in [2.45, 2.75) is 27.7 Å². The minimum Gasteiger partial charge on any atom is -0.295 e. The smallest absolute Gasteiger partial charge is 0.177 e. The van der Waals surface area contributed by atoms with E-state index in [0.717, 1.165) is 34.3 Å². The molecule has 0 amide bonds. The van der Waals surface area contributed by atoms with Crippen LogP contribution < -0.4 is 0 Å². The van der Waals surface area contributed by atoms with Crippen LogP contribution in [0.1, 0.15) is 23.0 Å². The van der Waals surface area contributed by atoms with E-state index < -0.39 is 0 Å². The summed E-state index contributed by atoms with van der Waals surface area (Å²) >= 11 is 0. The van der Waals surface area contributed by atoms with E-state index in [1.807, 2.05) is 44.3 Å². The van der Waals surface area contributed by atoms with E-state index in [2.05, 4.69) is 30.5 Å². The summed E-state index contributed by atoms with van der Waals surface area (Å²) < 4.78 is 3.53. The average molecular weight is 272 g/mol. The fourth-order valence-electron chi connectivity index (χ4n) is 2.01. The van der Waals surface area contributed by atoms with Gasteiger partial charge in [0.05, 0.1) is 0 Å². The lowest BCUT2D eigenvalue weighted by Crippen LogP contribution is -1.87. The Bertz CT molecular complexity index is 794. The number of hydrogen-bond acceptors (Lipinski definition) is 4. The first-order valence-corrected chi connectivity index (χ1v) is 6.29. The van der Waals surface area contributed by atoms with Crippen LogP contribution in [0.25, 0.3) is 11.3 Å². The number of H-pyrrole nitrogens is 2. The van der Waals surface area contributed by atoms with Gasteiger partial charge in [-0.15, -0.1) is 15.3 Å². The van der Waals surface area contributed by atoms with Crippen molar-refractivity contribution in [3.05, 3.63) is 35.2 Å². The van der Waals surface area contributed by atoms with Gasteiger partial charge in [0.1, 0.15) is 11.6 Å². The predicted octanol–water partition coefficient (Wildman–Crippen LogP) is 1.35. The second kappa shape index (κ2) is 4.48. The molecule has 104 valence electrons. The number of aryl methyl sites for hydroxylation is 4. The molecule has 2 N–H and O–H groups in total. The van der Waals surface area contributed by atoms with E-state index in [1.54, 1.807) is 4.63 Å². The van der Waals surface area contributed by atoms with Gasteiger partial charge in [0.2, 0.25) is 0 Å². The Kier molecular flexibility index (Phi) is 2.78. The second-order valence-electron chi connectivity index (χ2n) is 4.75. The van der Waals surface area contributed by atoms with Gasteiger partial charge >= 0.3 is 0 Å². The summed E-state index contributed by atoms with van der Waals surface area (Å²) in [6, 6.07) is 3.92. The van der Waals surface area contributed by atoms with Crippen LogP contribution in [0.2, 0.25) is 0 Å². The van der Waals surface area contributed by atoms with Gasteiger partial charge in [-0.1, -0.05) is 0 Å². The Labute approximate surface area is 114 Å². The van der Waals surface area contributed by atoms with E-state index >= 15 is 0 Å². The molecule has 0 radical (unpaired) electrons. The van der Waals surface area contributed by atoms with Gasteiger partial charge in [-0.05, 0) is 27.7 Å². The number of nitrogens with one attached hydrogen (secondary N) is 2. The summed E-state index contributed by atoms with van der Waals surface area (Å²) in [5, 5.41) is 18.0. The Morgan fingerprint density at radius 3 is 2.30 bits per heavy atom. The molecule has 4 heterocycles. The third-order valence-electron chi connectivity index (χ3n) is 2.85. The highest BCUT2D eigenvalue weighted by Gasteiger charge is 2.01. The third kappa shape index (κ3) is 2.15. The molecule has 8 heteroatoms. The average Bonchev–Trinajstić information content (AvgIpc) is 3.04. The number of fused-ring (bicyclic) bond motifs is 2. The van der Waals surface area contributed by atoms with Crippen LogP contribution in [0, 0.1) is 27.7 Å². The molecule has 4 aromatic rings. The molecule has 0 aliphatic rings. The van der Waals surface area contributed by atoms with Crippen molar-refractivity contribution >= 4 is 11.3 Å². The van der Waals surface area contributed by atoms with E-state index in [1.165, 1.54) is 0 Å². The van der Waals surface area contributed by atoms with Crippen molar-refractivity contribution in [2.24, 2.45) is 0 Å².